The van der Waals surface area contributed by atoms with Crippen molar-refractivity contribution in [3.8, 4) is 5.75 Å². The highest BCUT2D eigenvalue weighted by Gasteiger charge is 2.57. The topological polar surface area (TPSA) is 51.4 Å². The van der Waals surface area contributed by atoms with E-state index in [-0.39, 0.29) is 21.6 Å². The number of ether oxygens (including phenoxy) is 3. The predicted octanol–water partition coefficient (Wildman–Crippen LogP) is 4.07. The van der Waals surface area contributed by atoms with Crippen molar-refractivity contribution in [3.05, 3.63) is 29.8 Å². The molecule has 0 radical (unpaired) electrons. The van der Waals surface area contributed by atoms with Crippen LogP contribution in [0.1, 0.15) is 50.4 Å². The zero-order chi connectivity index (χ0) is 17.7. The van der Waals surface area contributed by atoms with Gasteiger partial charge in [-0.25, -0.2) is 0 Å². The second-order valence-corrected chi connectivity index (χ2v) is 9.80. The van der Waals surface area contributed by atoms with Crippen molar-refractivity contribution in [3.63, 3.8) is 0 Å². The summed E-state index contributed by atoms with van der Waals surface area (Å²) in [6.45, 7) is 7.96. The van der Waals surface area contributed by atoms with Gasteiger partial charge in [0.1, 0.15) is 18.5 Å². The molecule has 3 fully saturated rings. The third kappa shape index (κ3) is 3.88. The zero-order valence-corrected chi connectivity index (χ0v) is 15.9. The molecule has 5 heteroatoms. The summed E-state index contributed by atoms with van der Waals surface area (Å²) in [5, 5.41) is 0.132. The molecule has 25 heavy (non-hydrogen) atoms. The molecule has 1 saturated carbocycles. The van der Waals surface area contributed by atoms with Gasteiger partial charge >= 0.3 is 0 Å². The van der Waals surface area contributed by atoms with Crippen LogP contribution in [-0.2, 0) is 9.47 Å². The van der Waals surface area contributed by atoms with Crippen molar-refractivity contribution in [2.75, 3.05) is 13.2 Å². The van der Waals surface area contributed by atoms with E-state index < -0.39 is 0 Å². The Kier molecular flexibility index (Phi) is 4.37. The molecule has 2 aliphatic heterocycles. The number of fused-ring (bicyclic) bond motifs is 1. The Morgan fingerprint density at radius 2 is 2.08 bits per heavy atom. The number of hydrogen-bond acceptors (Lipinski definition) is 5. The first-order valence-corrected chi connectivity index (χ1v) is 9.93. The average molecular weight is 362 g/mol. The van der Waals surface area contributed by atoms with Crippen LogP contribution in [0.5, 0.6) is 5.75 Å². The number of thioether (sulfide) groups is 1. The van der Waals surface area contributed by atoms with E-state index in [1.807, 2.05) is 24.3 Å². The van der Waals surface area contributed by atoms with E-state index in [2.05, 4.69) is 20.8 Å². The SMILES string of the molecule is CC12CCC(C(C)(C)SC(=O)c3ccc(OCC4CO4)cc3)CC1O2. The number of benzene rings is 1. The fraction of sp³-hybridized carbons (Fsp3) is 0.650. The van der Waals surface area contributed by atoms with Crippen LogP contribution in [-0.4, -0.2) is 40.9 Å². The maximum atomic E-state index is 12.7. The van der Waals surface area contributed by atoms with Gasteiger partial charge in [0.05, 0.1) is 18.3 Å². The molecular formula is C20H26O4S. The number of hydrogen-bond donors (Lipinski definition) is 0. The normalized spacial score (nSPS) is 33.5. The van der Waals surface area contributed by atoms with Crippen LogP contribution in [0.15, 0.2) is 24.3 Å². The molecule has 1 aliphatic carbocycles. The van der Waals surface area contributed by atoms with Crippen LogP contribution in [0.2, 0.25) is 0 Å². The van der Waals surface area contributed by atoms with Gasteiger partial charge in [-0.2, -0.15) is 0 Å². The summed E-state index contributed by atoms with van der Waals surface area (Å²) >= 11 is 1.46. The van der Waals surface area contributed by atoms with Gasteiger partial charge in [-0.1, -0.05) is 11.8 Å². The first-order chi connectivity index (χ1) is 11.9. The lowest BCUT2D eigenvalue weighted by atomic mass is 9.77. The Hall–Kier alpha value is -1.04. The summed E-state index contributed by atoms with van der Waals surface area (Å²) in [6, 6.07) is 7.45. The molecule has 1 aromatic carbocycles. The summed E-state index contributed by atoms with van der Waals surface area (Å²) in [7, 11) is 0. The second-order valence-electron chi connectivity index (χ2n) is 8.17. The maximum Gasteiger partial charge on any atom is 0.219 e. The van der Waals surface area contributed by atoms with Crippen molar-refractivity contribution in [1.29, 1.82) is 0 Å². The standard InChI is InChI=1S/C20H26O4S/c1-19(2,14-8-9-20(3)17(10-14)24-20)25-18(21)13-4-6-15(7-5-13)22-11-16-12-23-16/h4-7,14,16-17H,8-12H2,1-3H3. The minimum atomic E-state index is -0.0805. The molecule has 2 saturated heterocycles. The molecule has 0 N–H and O–H groups in total. The van der Waals surface area contributed by atoms with E-state index in [0.29, 0.717) is 18.6 Å². The highest BCUT2D eigenvalue weighted by molar-refractivity contribution is 8.15. The largest absolute Gasteiger partial charge is 0.491 e. The zero-order valence-electron chi connectivity index (χ0n) is 15.1. The van der Waals surface area contributed by atoms with Crippen LogP contribution >= 0.6 is 11.8 Å². The molecule has 0 bridgehead atoms. The van der Waals surface area contributed by atoms with Crippen molar-refractivity contribution >= 4 is 16.9 Å². The Labute approximate surface area is 153 Å². The number of carbonyl (C=O) groups is 1. The molecule has 4 unspecified atom stereocenters. The Morgan fingerprint density at radius 3 is 2.72 bits per heavy atom. The monoisotopic (exact) mass is 362 g/mol. The second kappa shape index (κ2) is 6.29. The van der Waals surface area contributed by atoms with Gasteiger partial charge in [0.15, 0.2) is 0 Å². The average Bonchev–Trinajstić information content (AvgIpc) is 3.47. The van der Waals surface area contributed by atoms with Crippen molar-refractivity contribution in [2.24, 2.45) is 5.92 Å². The lowest BCUT2D eigenvalue weighted by Gasteiger charge is -2.35. The first kappa shape index (κ1) is 17.4. The summed E-state index contributed by atoms with van der Waals surface area (Å²) in [6.07, 6.45) is 3.95. The van der Waals surface area contributed by atoms with E-state index in [1.165, 1.54) is 11.8 Å². The molecule has 3 aliphatic rings. The molecule has 136 valence electrons. The number of rotatable bonds is 6. The summed E-state index contributed by atoms with van der Waals surface area (Å²) in [5.74, 6) is 1.30. The molecule has 0 amide bonds. The third-order valence-electron chi connectivity index (χ3n) is 5.79. The molecule has 4 nitrogen and oxygen atoms in total. The van der Waals surface area contributed by atoms with Crippen LogP contribution in [0.3, 0.4) is 0 Å². The lowest BCUT2D eigenvalue weighted by molar-refractivity contribution is 0.108. The maximum absolute atomic E-state index is 12.7. The Morgan fingerprint density at radius 1 is 1.36 bits per heavy atom. The molecule has 1 aromatic rings. The van der Waals surface area contributed by atoms with E-state index in [4.69, 9.17) is 14.2 Å². The van der Waals surface area contributed by atoms with Crippen molar-refractivity contribution in [2.45, 2.75) is 62.6 Å². The number of epoxide rings is 2. The molecule has 4 rings (SSSR count). The Balaban J connectivity index is 1.33. The smallest absolute Gasteiger partial charge is 0.219 e. The molecule has 0 spiro atoms. The van der Waals surface area contributed by atoms with Gasteiger partial charge < -0.3 is 14.2 Å². The highest BCUT2D eigenvalue weighted by Crippen LogP contribution is 2.53. The van der Waals surface area contributed by atoms with Gasteiger partial charge in [-0.05, 0) is 70.2 Å². The molecule has 4 atom stereocenters. The predicted molar refractivity (Wildman–Crippen MR) is 98.3 cm³/mol. The highest BCUT2D eigenvalue weighted by atomic mass is 32.2. The summed E-state index contributed by atoms with van der Waals surface area (Å²) in [4.78, 5) is 12.7. The van der Waals surface area contributed by atoms with Gasteiger partial charge in [0.2, 0.25) is 5.12 Å². The molecule has 2 heterocycles. The van der Waals surface area contributed by atoms with Gasteiger partial charge in [-0.3, -0.25) is 4.79 Å². The summed E-state index contributed by atoms with van der Waals surface area (Å²) in [5.41, 5.74) is 0.860. The fourth-order valence-electron chi connectivity index (χ4n) is 3.70. The van der Waals surface area contributed by atoms with E-state index in [0.717, 1.165) is 37.2 Å². The van der Waals surface area contributed by atoms with Crippen molar-refractivity contribution < 1.29 is 19.0 Å². The van der Waals surface area contributed by atoms with Crippen LogP contribution in [0.4, 0.5) is 0 Å². The van der Waals surface area contributed by atoms with E-state index in [1.54, 1.807) is 0 Å². The van der Waals surface area contributed by atoms with Gasteiger partial charge in [0.25, 0.3) is 0 Å². The first-order valence-electron chi connectivity index (χ1n) is 9.11. The van der Waals surface area contributed by atoms with Crippen LogP contribution in [0, 0.1) is 5.92 Å². The van der Waals surface area contributed by atoms with Crippen molar-refractivity contribution in [1.82, 2.24) is 0 Å². The Bertz CT molecular complexity index is 652. The summed E-state index contributed by atoms with van der Waals surface area (Å²) < 4.78 is 16.5. The minimum Gasteiger partial charge on any atom is -0.491 e. The third-order valence-corrected chi connectivity index (χ3v) is 7.07. The van der Waals surface area contributed by atoms with Gasteiger partial charge in [-0.15, -0.1) is 0 Å². The number of carbonyl (C=O) groups excluding carboxylic acids is 1. The van der Waals surface area contributed by atoms with Gasteiger partial charge in [0, 0.05) is 10.3 Å². The van der Waals surface area contributed by atoms with Crippen LogP contribution in [0.25, 0.3) is 0 Å². The van der Waals surface area contributed by atoms with E-state index in [9.17, 15) is 4.79 Å². The molecular weight excluding hydrogens is 336 g/mol. The minimum absolute atomic E-state index is 0.0805. The molecule has 0 aromatic heterocycles. The quantitative estimate of drug-likeness (QED) is 0.714. The van der Waals surface area contributed by atoms with E-state index >= 15 is 0 Å². The fourth-order valence-corrected chi connectivity index (χ4v) is 4.81. The lowest BCUT2D eigenvalue weighted by Crippen LogP contribution is -2.35. The van der Waals surface area contributed by atoms with Crippen LogP contribution < -0.4 is 4.74 Å².